The summed E-state index contributed by atoms with van der Waals surface area (Å²) in [4.78, 5) is 8.30. The minimum atomic E-state index is 0.659. The highest BCUT2D eigenvalue weighted by Crippen LogP contribution is 2.24. The molecule has 0 unspecified atom stereocenters. The molecule has 2 rings (SSSR count). The highest BCUT2D eigenvalue weighted by molar-refractivity contribution is 6.35. The van der Waals surface area contributed by atoms with E-state index in [1.54, 1.807) is 12.4 Å². The third-order valence-electron chi connectivity index (χ3n) is 2.50. The third-order valence-corrected chi connectivity index (χ3v) is 3.21. The summed E-state index contributed by atoms with van der Waals surface area (Å²) in [6, 6.07) is 9.34. The lowest BCUT2D eigenvalue weighted by Crippen LogP contribution is -1.93. The molecule has 0 aliphatic carbocycles. The van der Waals surface area contributed by atoms with Crippen LogP contribution in [0.4, 0.5) is 0 Å². The Hall–Kier alpha value is -1.38. The first kappa shape index (κ1) is 13.1. The molecule has 92 valence electrons. The zero-order chi connectivity index (χ0) is 12.8. The van der Waals surface area contributed by atoms with Gasteiger partial charge in [0.05, 0.1) is 0 Å². The standard InChI is InChI=1S/C14H12Cl2N2/c15-13-2-1-3-14(16)12(13)6-9-18-10-11-4-7-17-8-5-11/h1-5,7-8,10H,6,9H2. The molecular weight excluding hydrogens is 267 g/mol. The average molecular weight is 279 g/mol. The van der Waals surface area contributed by atoms with Gasteiger partial charge in [0.2, 0.25) is 0 Å². The van der Waals surface area contributed by atoms with Crippen molar-refractivity contribution in [2.75, 3.05) is 6.54 Å². The summed E-state index contributed by atoms with van der Waals surface area (Å²) in [5.74, 6) is 0. The Balaban J connectivity index is 1.95. The van der Waals surface area contributed by atoms with Gasteiger partial charge in [-0.05, 0) is 41.8 Å². The van der Waals surface area contributed by atoms with Gasteiger partial charge in [-0.1, -0.05) is 29.3 Å². The fourth-order valence-corrected chi connectivity index (χ4v) is 2.15. The van der Waals surface area contributed by atoms with Crippen LogP contribution >= 0.6 is 23.2 Å². The van der Waals surface area contributed by atoms with E-state index in [1.165, 1.54) is 0 Å². The van der Waals surface area contributed by atoms with Crippen molar-refractivity contribution in [2.45, 2.75) is 6.42 Å². The molecule has 18 heavy (non-hydrogen) atoms. The summed E-state index contributed by atoms with van der Waals surface area (Å²) in [6.45, 7) is 0.659. The molecule has 0 saturated carbocycles. The van der Waals surface area contributed by atoms with Gasteiger partial charge < -0.3 is 0 Å². The second-order valence-electron chi connectivity index (χ2n) is 3.77. The lowest BCUT2D eigenvalue weighted by Gasteiger charge is -2.04. The van der Waals surface area contributed by atoms with Crippen LogP contribution in [0.15, 0.2) is 47.7 Å². The summed E-state index contributed by atoms with van der Waals surface area (Å²) in [5, 5.41) is 1.39. The predicted octanol–water partition coefficient (Wildman–Crippen LogP) is 4.05. The van der Waals surface area contributed by atoms with Crippen LogP contribution in [0.3, 0.4) is 0 Å². The molecule has 1 aromatic heterocycles. The smallest absolute Gasteiger partial charge is 0.0453 e. The van der Waals surface area contributed by atoms with E-state index >= 15 is 0 Å². The normalized spacial score (nSPS) is 11.0. The fourth-order valence-electron chi connectivity index (χ4n) is 1.57. The van der Waals surface area contributed by atoms with Gasteiger partial charge in [-0.25, -0.2) is 0 Å². The highest BCUT2D eigenvalue weighted by Gasteiger charge is 2.03. The molecule has 0 fully saturated rings. The molecule has 2 aromatic rings. The molecule has 0 amide bonds. The quantitative estimate of drug-likeness (QED) is 0.775. The first-order valence-electron chi connectivity index (χ1n) is 5.60. The molecule has 0 N–H and O–H groups in total. The second-order valence-corrected chi connectivity index (χ2v) is 4.58. The number of pyridine rings is 1. The molecule has 0 aliphatic rings. The van der Waals surface area contributed by atoms with Crippen LogP contribution in [0.5, 0.6) is 0 Å². The molecule has 4 heteroatoms. The predicted molar refractivity (Wildman–Crippen MR) is 76.9 cm³/mol. The maximum Gasteiger partial charge on any atom is 0.0453 e. The molecule has 0 aliphatic heterocycles. The van der Waals surface area contributed by atoms with Crippen LogP contribution in [0.1, 0.15) is 11.1 Å². The van der Waals surface area contributed by atoms with Gasteiger partial charge in [0, 0.05) is 35.2 Å². The summed E-state index contributed by atoms with van der Waals surface area (Å²) in [6.07, 6.45) is 6.05. The van der Waals surface area contributed by atoms with Gasteiger partial charge in [0.1, 0.15) is 0 Å². The largest absolute Gasteiger partial charge is 0.292 e. The Labute approximate surface area is 116 Å². The lowest BCUT2D eigenvalue weighted by atomic mass is 10.1. The minimum absolute atomic E-state index is 0.659. The van der Waals surface area contributed by atoms with E-state index in [0.29, 0.717) is 16.6 Å². The first-order valence-corrected chi connectivity index (χ1v) is 6.35. The van der Waals surface area contributed by atoms with Crippen molar-refractivity contribution in [3.63, 3.8) is 0 Å². The summed E-state index contributed by atoms with van der Waals surface area (Å²) >= 11 is 12.2. The number of benzene rings is 1. The monoisotopic (exact) mass is 278 g/mol. The molecule has 0 spiro atoms. The number of hydrogen-bond acceptors (Lipinski definition) is 2. The maximum atomic E-state index is 6.08. The van der Waals surface area contributed by atoms with Crippen LogP contribution in [-0.2, 0) is 6.42 Å². The van der Waals surface area contributed by atoms with Crippen molar-refractivity contribution < 1.29 is 0 Å². The van der Waals surface area contributed by atoms with Gasteiger partial charge in [-0.3, -0.25) is 9.98 Å². The van der Waals surface area contributed by atoms with Crippen molar-refractivity contribution in [1.82, 2.24) is 4.98 Å². The number of rotatable bonds is 4. The molecule has 0 atom stereocenters. The van der Waals surface area contributed by atoms with Crippen LogP contribution in [0.25, 0.3) is 0 Å². The summed E-state index contributed by atoms with van der Waals surface area (Å²) in [7, 11) is 0. The Bertz CT molecular complexity index is 518. The molecule has 0 bridgehead atoms. The average Bonchev–Trinajstić information content (AvgIpc) is 2.38. The van der Waals surface area contributed by atoms with Gasteiger partial charge in [-0.15, -0.1) is 0 Å². The molecule has 0 saturated heterocycles. The fraction of sp³-hybridized carbons (Fsp3) is 0.143. The third kappa shape index (κ3) is 3.56. The Morgan fingerprint density at radius 3 is 2.39 bits per heavy atom. The molecular formula is C14H12Cl2N2. The Morgan fingerprint density at radius 2 is 1.72 bits per heavy atom. The SMILES string of the molecule is Clc1cccc(Cl)c1CCN=Cc1ccncc1. The number of hydrogen-bond donors (Lipinski definition) is 0. The second kappa shape index (κ2) is 6.53. The molecule has 2 nitrogen and oxygen atoms in total. The Morgan fingerprint density at radius 1 is 1.06 bits per heavy atom. The van der Waals surface area contributed by atoms with Crippen molar-refractivity contribution in [1.29, 1.82) is 0 Å². The zero-order valence-electron chi connectivity index (χ0n) is 9.68. The molecule has 1 aromatic carbocycles. The summed E-state index contributed by atoms with van der Waals surface area (Å²) in [5.41, 5.74) is 1.99. The van der Waals surface area contributed by atoms with E-state index in [1.807, 2.05) is 36.5 Å². The zero-order valence-corrected chi connectivity index (χ0v) is 11.2. The number of nitrogens with zero attached hydrogens (tertiary/aromatic N) is 2. The van der Waals surface area contributed by atoms with Crippen molar-refractivity contribution in [3.8, 4) is 0 Å². The lowest BCUT2D eigenvalue weighted by molar-refractivity contribution is 0.974. The van der Waals surface area contributed by atoms with Crippen molar-refractivity contribution in [2.24, 2.45) is 4.99 Å². The van der Waals surface area contributed by atoms with Crippen LogP contribution < -0.4 is 0 Å². The van der Waals surface area contributed by atoms with Crippen LogP contribution in [0, 0.1) is 0 Å². The number of aliphatic imine (C=N–C) groups is 1. The topological polar surface area (TPSA) is 25.2 Å². The summed E-state index contributed by atoms with van der Waals surface area (Å²) < 4.78 is 0. The van der Waals surface area contributed by atoms with Crippen molar-refractivity contribution >= 4 is 29.4 Å². The number of halogens is 2. The van der Waals surface area contributed by atoms with Gasteiger partial charge in [0.25, 0.3) is 0 Å². The van der Waals surface area contributed by atoms with Gasteiger partial charge in [0.15, 0.2) is 0 Å². The van der Waals surface area contributed by atoms with Crippen LogP contribution in [0.2, 0.25) is 10.0 Å². The van der Waals surface area contributed by atoms with Crippen molar-refractivity contribution in [3.05, 3.63) is 63.9 Å². The van der Waals surface area contributed by atoms with E-state index in [-0.39, 0.29) is 0 Å². The van der Waals surface area contributed by atoms with E-state index in [2.05, 4.69) is 9.98 Å². The van der Waals surface area contributed by atoms with Gasteiger partial charge in [-0.2, -0.15) is 0 Å². The van der Waals surface area contributed by atoms with E-state index in [9.17, 15) is 0 Å². The van der Waals surface area contributed by atoms with E-state index in [0.717, 1.165) is 17.5 Å². The molecule has 0 radical (unpaired) electrons. The number of aromatic nitrogens is 1. The minimum Gasteiger partial charge on any atom is -0.292 e. The van der Waals surface area contributed by atoms with Gasteiger partial charge >= 0.3 is 0 Å². The highest BCUT2D eigenvalue weighted by atomic mass is 35.5. The van der Waals surface area contributed by atoms with E-state index in [4.69, 9.17) is 23.2 Å². The first-order chi connectivity index (χ1) is 8.77. The maximum absolute atomic E-state index is 6.08. The van der Waals surface area contributed by atoms with Crippen LogP contribution in [-0.4, -0.2) is 17.7 Å². The Kier molecular flexibility index (Phi) is 4.73. The molecule has 1 heterocycles. The van der Waals surface area contributed by atoms with E-state index < -0.39 is 0 Å².